The molecule has 92 valence electrons. The number of rotatable bonds is 5. The standard InChI is InChI=1S/C13H18N2O2/c1-14-11-5-3-2-4-10(11)13(17)15-8-12(16)9-6-7-9/h2-5,9,12,14,16H,6-8H2,1H3,(H,15,17). The van der Waals surface area contributed by atoms with E-state index < -0.39 is 6.10 Å². The molecule has 4 heteroatoms. The number of carbonyl (C=O) groups is 1. The molecule has 1 aliphatic rings. The SMILES string of the molecule is CNc1ccccc1C(=O)NCC(O)C1CC1. The highest BCUT2D eigenvalue weighted by molar-refractivity contribution is 5.99. The van der Waals surface area contributed by atoms with Crippen LogP contribution in [0.5, 0.6) is 0 Å². The number of hydrogen-bond donors (Lipinski definition) is 3. The zero-order valence-corrected chi connectivity index (χ0v) is 9.94. The number of carbonyl (C=O) groups excluding carboxylic acids is 1. The largest absolute Gasteiger partial charge is 0.391 e. The van der Waals surface area contributed by atoms with E-state index in [2.05, 4.69) is 10.6 Å². The van der Waals surface area contributed by atoms with Crippen LogP contribution < -0.4 is 10.6 Å². The zero-order valence-electron chi connectivity index (χ0n) is 9.94. The quantitative estimate of drug-likeness (QED) is 0.718. The molecule has 1 aromatic carbocycles. The lowest BCUT2D eigenvalue weighted by atomic mass is 10.1. The normalized spacial score (nSPS) is 16.4. The lowest BCUT2D eigenvalue weighted by Gasteiger charge is -2.12. The van der Waals surface area contributed by atoms with Gasteiger partial charge in [0.15, 0.2) is 0 Å². The molecule has 2 rings (SSSR count). The Labute approximate surface area is 101 Å². The first-order valence-electron chi connectivity index (χ1n) is 5.95. The van der Waals surface area contributed by atoms with Crippen LogP contribution in [0.3, 0.4) is 0 Å². The Kier molecular flexibility index (Phi) is 3.64. The second-order valence-electron chi connectivity index (χ2n) is 4.41. The summed E-state index contributed by atoms with van der Waals surface area (Å²) >= 11 is 0. The van der Waals surface area contributed by atoms with E-state index in [-0.39, 0.29) is 5.91 Å². The summed E-state index contributed by atoms with van der Waals surface area (Å²) in [5, 5.41) is 15.4. The summed E-state index contributed by atoms with van der Waals surface area (Å²) in [6, 6.07) is 7.33. The van der Waals surface area contributed by atoms with Crippen molar-refractivity contribution in [2.24, 2.45) is 5.92 Å². The number of para-hydroxylation sites is 1. The van der Waals surface area contributed by atoms with Crippen molar-refractivity contribution < 1.29 is 9.90 Å². The Morgan fingerprint density at radius 3 is 2.82 bits per heavy atom. The van der Waals surface area contributed by atoms with Gasteiger partial charge in [0.2, 0.25) is 0 Å². The van der Waals surface area contributed by atoms with Crippen LogP contribution in [-0.2, 0) is 0 Å². The summed E-state index contributed by atoms with van der Waals surface area (Å²) in [7, 11) is 1.78. The number of aliphatic hydroxyl groups excluding tert-OH is 1. The van der Waals surface area contributed by atoms with Gasteiger partial charge in [-0.1, -0.05) is 12.1 Å². The summed E-state index contributed by atoms with van der Waals surface area (Å²) in [5.74, 6) is 0.240. The lowest BCUT2D eigenvalue weighted by Crippen LogP contribution is -2.33. The van der Waals surface area contributed by atoms with Gasteiger partial charge in [-0.25, -0.2) is 0 Å². The van der Waals surface area contributed by atoms with Gasteiger partial charge in [-0.15, -0.1) is 0 Å². The molecule has 0 aliphatic heterocycles. The second kappa shape index (κ2) is 5.19. The molecule has 0 aromatic heterocycles. The molecule has 0 spiro atoms. The van der Waals surface area contributed by atoms with Crippen LogP contribution in [0.4, 0.5) is 5.69 Å². The van der Waals surface area contributed by atoms with Gasteiger partial charge in [-0.3, -0.25) is 4.79 Å². The fourth-order valence-electron chi connectivity index (χ4n) is 1.84. The lowest BCUT2D eigenvalue weighted by molar-refractivity contribution is 0.0902. The number of benzene rings is 1. The predicted molar refractivity (Wildman–Crippen MR) is 67.1 cm³/mol. The minimum Gasteiger partial charge on any atom is -0.391 e. The first kappa shape index (κ1) is 11.9. The fraction of sp³-hybridized carbons (Fsp3) is 0.462. The van der Waals surface area contributed by atoms with Gasteiger partial charge in [0.1, 0.15) is 0 Å². The van der Waals surface area contributed by atoms with Gasteiger partial charge >= 0.3 is 0 Å². The molecule has 3 N–H and O–H groups in total. The number of aliphatic hydroxyl groups is 1. The molecule has 1 unspecified atom stereocenters. The second-order valence-corrected chi connectivity index (χ2v) is 4.41. The summed E-state index contributed by atoms with van der Waals surface area (Å²) in [6.07, 6.45) is 1.74. The van der Waals surface area contributed by atoms with Crippen LogP contribution in [0.15, 0.2) is 24.3 Å². The van der Waals surface area contributed by atoms with Crippen LogP contribution in [0.2, 0.25) is 0 Å². The third kappa shape index (κ3) is 2.97. The van der Waals surface area contributed by atoms with E-state index in [0.29, 0.717) is 18.0 Å². The van der Waals surface area contributed by atoms with E-state index in [9.17, 15) is 9.90 Å². The van der Waals surface area contributed by atoms with Crippen molar-refractivity contribution in [1.29, 1.82) is 0 Å². The van der Waals surface area contributed by atoms with Crippen LogP contribution in [-0.4, -0.2) is 30.7 Å². The van der Waals surface area contributed by atoms with E-state index in [1.54, 1.807) is 13.1 Å². The van der Waals surface area contributed by atoms with Gasteiger partial charge in [0.05, 0.1) is 11.7 Å². The molecule has 1 saturated carbocycles. The Morgan fingerprint density at radius 1 is 1.47 bits per heavy atom. The smallest absolute Gasteiger partial charge is 0.253 e. The maximum Gasteiger partial charge on any atom is 0.253 e. The average Bonchev–Trinajstić information content (AvgIpc) is 3.19. The van der Waals surface area contributed by atoms with Crippen molar-refractivity contribution >= 4 is 11.6 Å². The van der Waals surface area contributed by atoms with Crippen molar-refractivity contribution in [3.05, 3.63) is 29.8 Å². The van der Waals surface area contributed by atoms with Crippen molar-refractivity contribution in [2.75, 3.05) is 18.9 Å². The molecule has 1 aromatic rings. The highest BCUT2D eigenvalue weighted by atomic mass is 16.3. The molecule has 0 saturated heterocycles. The molecule has 1 atom stereocenters. The number of anilines is 1. The van der Waals surface area contributed by atoms with Crippen LogP contribution in [0.25, 0.3) is 0 Å². The van der Waals surface area contributed by atoms with E-state index in [0.717, 1.165) is 18.5 Å². The summed E-state index contributed by atoms with van der Waals surface area (Å²) in [6.45, 7) is 0.335. The molecule has 0 radical (unpaired) electrons. The van der Waals surface area contributed by atoms with E-state index in [1.807, 2.05) is 18.2 Å². The van der Waals surface area contributed by atoms with E-state index >= 15 is 0 Å². The van der Waals surface area contributed by atoms with Gasteiger partial charge in [-0.05, 0) is 30.9 Å². The maximum absolute atomic E-state index is 11.9. The third-order valence-corrected chi connectivity index (χ3v) is 3.08. The Morgan fingerprint density at radius 2 is 2.18 bits per heavy atom. The highest BCUT2D eigenvalue weighted by Gasteiger charge is 2.29. The Bertz CT molecular complexity index is 402. The fourth-order valence-corrected chi connectivity index (χ4v) is 1.84. The molecule has 1 amide bonds. The van der Waals surface area contributed by atoms with Crippen LogP contribution in [0, 0.1) is 5.92 Å². The van der Waals surface area contributed by atoms with Gasteiger partial charge in [0, 0.05) is 19.3 Å². The molecule has 4 nitrogen and oxygen atoms in total. The van der Waals surface area contributed by atoms with Crippen molar-refractivity contribution in [3.8, 4) is 0 Å². The average molecular weight is 234 g/mol. The number of hydrogen-bond acceptors (Lipinski definition) is 3. The molecule has 1 fully saturated rings. The zero-order chi connectivity index (χ0) is 12.3. The van der Waals surface area contributed by atoms with Crippen LogP contribution in [0.1, 0.15) is 23.2 Å². The molecule has 17 heavy (non-hydrogen) atoms. The van der Waals surface area contributed by atoms with Gasteiger partial charge < -0.3 is 15.7 Å². The topological polar surface area (TPSA) is 61.4 Å². The molecular formula is C13H18N2O2. The summed E-state index contributed by atoms with van der Waals surface area (Å²) in [5.41, 5.74) is 1.41. The summed E-state index contributed by atoms with van der Waals surface area (Å²) < 4.78 is 0. The molecule has 0 heterocycles. The number of nitrogens with one attached hydrogen (secondary N) is 2. The van der Waals surface area contributed by atoms with E-state index in [1.165, 1.54) is 0 Å². The highest BCUT2D eigenvalue weighted by Crippen LogP contribution is 2.32. The predicted octanol–water partition coefficient (Wildman–Crippen LogP) is 1.23. The first-order valence-corrected chi connectivity index (χ1v) is 5.95. The minimum absolute atomic E-state index is 0.144. The van der Waals surface area contributed by atoms with Crippen LogP contribution >= 0.6 is 0 Å². The molecule has 0 bridgehead atoms. The third-order valence-electron chi connectivity index (χ3n) is 3.08. The first-order chi connectivity index (χ1) is 8.22. The molecule has 1 aliphatic carbocycles. The van der Waals surface area contributed by atoms with E-state index in [4.69, 9.17) is 0 Å². The van der Waals surface area contributed by atoms with Gasteiger partial charge in [-0.2, -0.15) is 0 Å². The van der Waals surface area contributed by atoms with Gasteiger partial charge in [0.25, 0.3) is 5.91 Å². The van der Waals surface area contributed by atoms with Crippen molar-refractivity contribution in [1.82, 2.24) is 5.32 Å². The summed E-state index contributed by atoms with van der Waals surface area (Å²) in [4.78, 5) is 11.9. The number of amides is 1. The Hall–Kier alpha value is -1.55. The van der Waals surface area contributed by atoms with Crippen molar-refractivity contribution in [3.63, 3.8) is 0 Å². The van der Waals surface area contributed by atoms with Crippen molar-refractivity contribution in [2.45, 2.75) is 18.9 Å². The monoisotopic (exact) mass is 234 g/mol. The minimum atomic E-state index is -0.402. The Balaban J connectivity index is 1.94. The maximum atomic E-state index is 11.9. The molecular weight excluding hydrogens is 216 g/mol.